The van der Waals surface area contributed by atoms with Gasteiger partial charge >= 0.3 is 0 Å². The van der Waals surface area contributed by atoms with Crippen molar-refractivity contribution in [1.82, 2.24) is 5.32 Å². The van der Waals surface area contributed by atoms with Gasteiger partial charge in [-0.1, -0.05) is 18.6 Å². The van der Waals surface area contributed by atoms with Crippen molar-refractivity contribution in [2.75, 3.05) is 27.3 Å². The highest BCUT2D eigenvalue weighted by Crippen LogP contribution is 2.22. The number of benzene rings is 1. The van der Waals surface area contributed by atoms with E-state index >= 15 is 0 Å². The van der Waals surface area contributed by atoms with Crippen molar-refractivity contribution in [3.63, 3.8) is 0 Å². The minimum atomic E-state index is 0.525. The van der Waals surface area contributed by atoms with E-state index in [0.29, 0.717) is 12.0 Å². The van der Waals surface area contributed by atoms with Crippen LogP contribution in [0.3, 0.4) is 0 Å². The third-order valence-corrected chi connectivity index (χ3v) is 4.31. The molecule has 0 bridgehead atoms. The van der Waals surface area contributed by atoms with Crippen molar-refractivity contribution >= 4 is 0 Å². The second-order valence-corrected chi connectivity index (χ2v) is 6.05. The van der Waals surface area contributed by atoms with E-state index in [1.54, 1.807) is 7.11 Å². The molecule has 2 atom stereocenters. The highest BCUT2D eigenvalue weighted by Gasteiger charge is 2.16. The molecule has 1 heterocycles. The van der Waals surface area contributed by atoms with Crippen molar-refractivity contribution in [2.24, 2.45) is 5.92 Å². The van der Waals surface area contributed by atoms with Crippen LogP contribution in [-0.2, 0) is 11.2 Å². The molecule has 0 radical (unpaired) electrons. The van der Waals surface area contributed by atoms with Crippen LogP contribution in [0.4, 0.5) is 0 Å². The van der Waals surface area contributed by atoms with Crippen molar-refractivity contribution in [1.29, 1.82) is 0 Å². The minimum Gasteiger partial charge on any atom is -0.497 e. The third-order valence-electron chi connectivity index (χ3n) is 4.31. The second-order valence-electron chi connectivity index (χ2n) is 6.05. The molecule has 3 heteroatoms. The van der Waals surface area contributed by atoms with Gasteiger partial charge in [0.05, 0.1) is 13.2 Å². The van der Waals surface area contributed by atoms with E-state index in [2.05, 4.69) is 23.5 Å². The van der Waals surface area contributed by atoms with Crippen LogP contribution < -0.4 is 10.1 Å². The zero-order chi connectivity index (χ0) is 14.9. The summed E-state index contributed by atoms with van der Waals surface area (Å²) in [6, 6.07) is 8.44. The number of ether oxygens (including phenoxy) is 2. The molecule has 0 spiro atoms. The molecule has 1 N–H and O–H groups in total. The fourth-order valence-electron chi connectivity index (χ4n) is 3.20. The molecule has 0 saturated carbocycles. The number of hydrogen-bond donors (Lipinski definition) is 1. The maximum Gasteiger partial charge on any atom is 0.119 e. The summed E-state index contributed by atoms with van der Waals surface area (Å²) in [7, 11) is 3.77. The normalized spacial score (nSPS) is 19.6. The van der Waals surface area contributed by atoms with Crippen LogP contribution in [0, 0.1) is 5.92 Å². The maximum absolute atomic E-state index is 5.71. The van der Waals surface area contributed by atoms with Gasteiger partial charge in [0.25, 0.3) is 0 Å². The summed E-state index contributed by atoms with van der Waals surface area (Å²) in [6.07, 6.45) is 7.89. The van der Waals surface area contributed by atoms with Gasteiger partial charge in [-0.05, 0) is 69.3 Å². The Balaban J connectivity index is 1.79. The Kier molecular flexibility index (Phi) is 7.04. The van der Waals surface area contributed by atoms with Crippen LogP contribution in [0.15, 0.2) is 24.3 Å². The Bertz CT molecular complexity index is 402. The zero-order valence-electron chi connectivity index (χ0n) is 13.4. The average Bonchev–Trinajstić information content (AvgIpc) is 3.01. The predicted molar refractivity (Wildman–Crippen MR) is 86.9 cm³/mol. The van der Waals surface area contributed by atoms with Gasteiger partial charge < -0.3 is 14.8 Å². The standard InChI is InChI=1S/C18H29NO2/c1-19-14-16(7-4-8-17-10-5-11-21-17)12-15-6-3-9-18(13-15)20-2/h3,6,9,13,16-17,19H,4-5,7-8,10-12,14H2,1-2H3. The molecular weight excluding hydrogens is 262 g/mol. The molecule has 0 amide bonds. The monoisotopic (exact) mass is 291 g/mol. The zero-order valence-corrected chi connectivity index (χ0v) is 13.4. The quantitative estimate of drug-likeness (QED) is 0.756. The molecule has 0 aliphatic carbocycles. The second kappa shape index (κ2) is 9.06. The molecule has 1 aromatic carbocycles. The van der Waals surface area contributed by atoms with Gasteiger partial charge in [-0.2, -0.15) is 0 Å². The van der Waals surface area contributed by atoms with Crippen LogP contribution in [0.5, 0.6) is 5.75 Å². The first kappa shape index (κ1) is 16.3. The van der Waals surface area contributed by atoms with Crippen LogP contribution in [0.1, 0.15) is 37.7 Å². The lowest BCUT2D eigenvalue weighted by Crippen LogP contribution is -2.21. The van der Waals surface area contributed by atoms with Gasteiger partial charge in [-0.3, -0.25) is 0 Å². The number of methoxy groups -OCH3 is 1. The lowest BCUT2D eigenvalue weighted by atomic mass is 9.93. The fraction of sp³-hybridized carbons (Fsp3) is 0.667. The summed E-state index contributed by atoms with van der Waals surface area (Å²) in [5, 5.41) is 3.33. The molecular formula is C18H29NO2. The first-order valence-corrected chi connectivity index (χ1v) is 8.21. The summed E-state index contributed by atoms with van der Waals surface area (Å²) >= 11 is 0. The van der Waals surface area contributed by atoms with Crippen molar-refractivity contribution < 1.29 is 9.47 Å². The summed E-state index contributed by atoms with van der Waals surface area (Å²) < 4.78 is 11.0. The van der Waals surface area contributed by atoms with Crippen molar-refractivity contribution in [3.8, 4) is 5.75 Å². The largest absolute Gasteiger partial charge is 0.497 e. The molecule has 1 aliphatic heterocycles. The Morgan fingerprint density at radius 3 is 3.05 bits per heavy atom. The summed E-state index contributed by atoms with van der Waals surface area (Å²) in [5.41, 5.74) is 1.37. The predicted octanol–water partition coefficient (Wildman–Crippen LogP) is 3.42. The summed E-state index contributed by atoms with van der Waals surface area (Å²) in [6.45, 7) is 2.04. The Hall–Kier alpha value is -1.06. The van der Waals surface area contributed by atoms with Gasteiger partial charge in [0, 0.05) is 6.61 Å². The van der Waals surface area contributed by atoms with Crippen LogP contribution >= 0.6 is 0 Å². The van der Waals surface area contributed by atoms with E-state index in [0.717, 1.165) is 25.3 Å². The van der Waals surface area contributed by atoms with Gasteiger partial charge in [0.15, 0.2) is 0 Å². The van der Waals surface area contributed by atoms with Crippen LogP contribution in [-0.4, -0.2) is 33.4 Å². The van der Waals surface area contributed by atoms with Crippen LogP contribution in [0.25, 0.3) is 0 Å². The first-order chi connectivity index (χ1) is 10.3. The maximum atomic E-state index is 5.71. The average molecular weight is 291 g/mol. The molecule has 2 rings (SSSR count). The molecule has 21 heavy (non-hydrogen) atoms. The minimum absolute atomic E-state index is 0.525. The van der Waals surface area contributed by atoms with E-state index in [9.17, 15) is 0 Å². The highest BCUT2D eigenvalue weighted by atomic mass is 16.5. The van der Waals surface area contributed by atoms with Gasteiger partial charge in [0.2, 0.25) is 0 Å². The topological polar surface area (TPSA) is 30.5 Å². The van der Waals surface area contributed by atoms with Gasteiger partial charge in [0.1, 0.15) is 5.75 Å². The Morgan fingerprint density at radius 2 is 2.33 bits per heavy atom. The molecule has 2 unspecified atom stereocenters. The Morgan fingerprint density at radius 1 is 1.43 bits per heavy atom. The lowest BCUT2D eigenvalue weighted by Gasteiger charge is -2.18. The van der Waals surface area contributed by atoms with Crippen molar-refractivity contribution in [2.45, 2.75) is 44.6 Å². The van der Waals surface area contributed by atoms with E-state index in [1.807, 2.05) is 13.1 Å². The lowest BCUT2D eigenvalue weighted by molar-refractivity contribution is 0.101. The summed E-state index contributed by atoms with van der Waals surface area (Å²) in [4.78, 5) is 0. The number of rotatable bonds is 9. The van der Waals surface area contributed by atoms with Gasteiger partial charge in [-0.15, -0.1) is 0 Å². The van der Waals surface area contributed by atoms with Gasteiger partial charge in [-0.25, -0.2) is 0 Å². The molecule has 1 fully saturated rings. The number of nitrogens with one attached hydrogen (secondary N) is 1. The molecule has 3 nitrogen and oxygen atoms in total. The van der Waals surface area contributed by atoms with Crippen LogP contribution in [0.2, 0.25) is 0 Å². The van der Waals surface area contributed by atoms with E-state index in [4.69, 9.17) is 9.47 Å². The smallest absolute Gasteiger partial charge is 0.119 e. The van der Waals surface area contributed by atoms with E-state index in [1.165, 1.54) is 37.7 Å². The molecule has 1 aliphatic rings. The fourth-order valence-corrected chi connectivity index (χ4v) is 3.20. The third kappa shape index (κ3) is 5.68. The summed E-state index contributed by atoms with van der Waals surface area (Å²) in [5.74, 6) is 1.64. The molecule has 1 aromatic rings. The van der Waals surface area contributed by atoms with Crippen molar-refractivity contribution in [3.05, 3.63) is 29.8 Å². The number of hydrogen-bond acceptors (Lipinski definition) is 3. The first-order valence-electron chi connectivity index (χ1n) is 8.21. The molecule has 118 valence electrons. The van der Waals surface area contributed by atoms with E-state index < -0.39 is 0 Å². The van der Waals surface area contributed by atoms with E-state index in [-0.39, 0.29) is 0 Å². The highest BCUT2D eigenvalue weighted by molar-refractivity contribution is 5.28. The SMILES string of the molecule is CNCC(CCCC1CCCO1)Cc1cccc(OC)c1. The molecule has 0 aromatic heterocycles. The molecule has 1 saturated heterocycles. The Labute approximate surface area is 129 Å².